The maximum Gasteiger partial charge on any atom is 0.0315 e. The minimum atomic E-state index is 0.540. The van der Waals surface area contributed by atoms with E-state index in [1.165, 1.54) is 24.0 Å². The van der Waals surface area contributed by atoms with Crippen LogP contribution in [0, 0.1) is 12.8 Å². The Hall–Kier alpha value is -0.930. The summed E-state index contributed by atoms with van der Waals surface area (Å²) in [5.74, 6) is 0.815. The van der Waals surface area contributed by atoms with Crippen molar-refractivity contribution < 1.29 is 0 Å². The first-order valence-electron chi connectivity index (χ1n) is 6.54. The first kappa shape index (κ1) is 12.5. The van der Waals surface area contributed by atoms with Crippen LogP contribution in [-0.2, 0) is 6.54 Å². The first-order chi connectivity index (χ1) is 8.20. The number of likely N-dealkylation sites (tertiary alicyclic amines) is 1. The van der Waals surface area contributed by atoms with Crippen molar-refractivity contribution in [3.05, 3.63) is 29.6 Å². The van der Waals surface area contributed by atoms with E-state index in [4.69, 9.17) is 5.73 Å². The summed E-state index contributed by atoms with van der Waals surface area (Å²) >= 11 is 0. The highest BCUT2D eigenvalue weighted by molar-refractivity contribution is 5.21. The van der Waals surface area contributed by atoms with Gasteiger partial charge in [0.05, 0.1) is 0 Å². The molecule has 1 aliphatic heterocycles. The van der Waals surface area contributed by atoms with E-state index in [-0.39, 0.29) is 0 Å². The molecule has 94 valence electrons. The molecule has 1 fully saturated rings. The van der Waals surface area contributed by atoms with E-state index in [1.807, 2.05) is 12.4 Å². The predicted molar refractivity (Wildman–Crippen MR) is 70.6 cm³/mol. The van der Waals surface area contributed by atoms with Gasteiger partial charge in [0.2, 0.25) is 0 Å². The summed E-state index contributed by atoms with van der Waals surface area (Å²) in [5, 5.41) is 0. The molecule has 0 spiro atoms. The fraction of sp³-hybridized carbons (Fsp3) is 0.643. The smallest absolute Gasteiger partial charge is 0.0315 e. The molecule has 1 saturated heterocycles. The molecule has 17 heavy (non-hydrogen) atoms. The zero-order chi connectivity index (χ0) is 12.3. The van der Waals surface area contributed by atoms with E-state index in [2.05, 4.69) is 29.8 Å². The Labute approximate surface area is 104 Å². The molecule has 0 radical (unpaired) electrons. The van der Waals surface area contributed by atoms with Crippen molar-refractivity contribution in [3.63, 3.8) is 0 Å². The average Bonchev–Trinajstić information content (AvgIpc) is 2.34. The number of nitrogens with zero attached hydrogens (tertiary/aromatic N) is 2. The Morgan fingerprint density at radius 2 is 2.35 bits per heavy atom. The van der Waals surface area contributed by atoms with Crippen molar-refractivity contribution in [1.82, 2.24) is 9.88 Å². The van der Waals surface area contributed by atoms with E-state index in [0.29, 0.717) is 6.04 Å². The van der Waals surface area contributed by atoms with E-state index in [0.717, 1.165) is 25.6 Å². The number of piperidine rings is 1. The molecular formula is C14H23N3. The fourth-order valence-electron chi connectivity index (χ4n) is 2.63. The van der Waals surface area contributed by atoms with Crippen LogP contribution in [-0.4, -0.2) is 29.0 Å². The second-order valence-electron chi connectivity index (χ2n) is 5.29. The van der Waals surface area contributed by atoms with Crippen molar-refractivity contribution in [2.75, 3.05) is 13.1 Å². The highest BCUT2D eigenvalue weighted by Crippen LogP contribution is 2.24. The van der Waals surface area contributed by atoms with Crippen molar-refractivity contribution in [1.29, 1.82) is 0 Å². The van der Waals surface area contributed by atoms with Crippen LogP contribution in [0.4, 0.5) is 0 Å². The van der Waals surface area contributed by atoms with Gasteiger partial charge in [0, 0.05) is 31.5 Å². The summed E-state index contributed by atoms with van der Waals surface area (Å²) in [4.78, 5) is 6.74. The Balaban J connectivity index is 2.05. The minimum Gasteiger partial charge on any atom is -0.329 e. The third kappa shape index (κ3) is 3.05. The lowest BCUT2D eigenvalue weighted by Crippen LogP contribution is -2.45. The van der Waals surface area contributed by atoms with E-state index in [9.17, 15) is 0 Å². The van der Waals surface area contributed by atoms with Crippen LogP contribution < -0.4 is 5.73 Å². The van der Waals surface area contributed by atoms with E-state index < -0.39 is 0 Å². The third-order valence-corrected chi connectivity index (χ3v) is 3.89. The van der Waals surface area contributed by atoms with Gasteiger partial charge in [-0.05, 0) is 49.4 Å². The molecule has 1 aromatic rings. The summed E-state index contributed by atoms with van der Waals surface area (Å²) in [6.45, 7) is 7.41. The largest absolute Gasteiger partial charge is 0.329 e. The van der Waals surface area contributed by atoms with Crippen LogP contribution in [0.5, 0.6) is 0 Å². The van der Waals surface area contributed by atoms with Crippen LogP contribution >= 0.6 is 0 Å². The lowest BCUT2D eigenvalue weighted by atomic mass is 9.92. The second kappa shape index (κ2) is 5.61. The summed E-state index contributed by atoms with van der Waals surface area (Å²) in [5.41, 5.74) is 8.55. The fourth-order valence-corrected chi connectivity index (χ4v) is 2.63. The number of rotatable bonds is 3. The molecule has 3 nitrogen and oxygen atoms in total. The number of pyridine rings is 1. The normalized spacial score (nSPS) is 26.1. The molecule has 0 bridgehead atoms. The molecule has 1 aliphatic rings. The van der Waals surface area contributed by atoms with Gasteiger partial charge in [0.25, 0.3) is 0 Å². The molecule has 0 aromatic carbocycles. The molecule has 1 aromatic heterocycles. The zero-order valence-electron chi connectivity index (χ0n) is 10.9. The topological polar surface area (TPSA) is 42.2 Å². The molecule has 0 saturated carbocycles. The predicted octanol–water partition coefficient (Wildman–Crippen LogP) is 1.95. The van der Waals surface area contributed by atoms with Crippen molar-refractivity contribution in [3.8, 4) is 0 Å². The molecule has 2 rings (SSSR count). The molecule has 0 aliphatic carbocycles. The Kier molecular flexibility index (Phi) is 4.13. The van der Waals surface area contributed by atoms with E-state index >= 15 is 0 Å². The number of aromatic nitrogens is 1. The summed E-state index contributed by atoms with van der Waals surface area (Å²) in [6.07, 6.45) is 6.37. The van der Waals surface area contributed by atoms with Crippen molar-refractivity contribution in [2.45, 2.75) is 39.3 Å². The maximum absolute atomic E-state index is 5.89. The van der Waals surface area contributed by atoms with Crippen molar-refractivity contribution >= 4 is 0 Å². The quantitative estimate of drug-likeness (QED) is 0.867. The summed E-state index contributed by atoms with van der Waals surface area (Å²) < 4.78 is 0. The molecule has 2 N–H and O–H groups in total. The van der Waals surface area contributed by atoms with Gasteiger partial charge >= 0.3 is 0 Å². The van der Waals surface area contributed by atoms with Crippen LogP contribution in [0.1, 0.15) is 30.9 Å². The Morgan fingerprint density at radius 1 is 1.53 bits per heavy atom. The number of hydrogen-bond donors (Lipinski definition) is 1. The number of nitrogens with two attached hydrogens (primary N) is 1. The Bertz CT molecular complexity index is 364. The van der Waals surface area contributed by atoms with Crippen LogP contribution in [0.25, 0.3) is 0 Å². The molecule has 2 unspecified atom stereocenters. The van der Waals surface area contributed by atoms with Crippen LogP contribution in [0.15, 0.2) is 18.5 Å². The van der Waals surface area contributed by atoms with Crippen molar-refractivity contribution in [2.24, 2.45) is 11.7 Å². The van der Waals surface area contributed by atoms with Gasteiger partial charge in [-0.3, -0.25) is 9.88 Å². The van der Waals surface area contributed by atoms with Gasteiger partial charge in [-0.1, -0.05) is 6.92 Å². The lowest BCUT2D eigenvalue weighted by Gasteiger charge is -2.38. The van der Waals surface area contributed by atoms with Gasteiger partial charge in [0.1, 0.15) is 0 Å². The zero-order valence-corrected chi connectivity index (χ0v) is 10.9. The van der Waals surface area contributed by atoms with Gasteiger partial charge < -0.3 is 5.73 Å². The number of hydrogen-bond acceptors (Lipinski definition) is 3. The molecule has 2 atom stereocenters. The molecular weight excluding hydrogens is 210 g/mol. The highest BCUT2D eigenvalue weighted by Gasteiger charge is 2.25. The van der Waals surface area contributed by atoms with E-state index in [1.54, 1.807) is 0 Å². The number of aryl methyl sites for hydroxylation is 1. The monoisotopic (exact) mass is 233 g/mol. The Morgan fingerprint density at radius 3 is 3.06 bits per heavy atom. The second-order valence-corrected chi connectivity index (χ2v) is 5.29. The van der Waals surface area contributed by atoms with Gasteiger partial charge in [-0.2, -0.15) is 0 Å². The van der Waals surface area contributed by atoms with Gasteiger partial charge in [-0.25, -0.2) is 0 Å². The summed E-state index contributed by atoms with van der Waals surface area (Å²) in [7, 11) is 0. The lowest BCUT2D eigenvalue weighted by molar-refractivity contribution is 0.115. The summed E-state index contributed by atoms with van der Waals surface area (Å²) in [6, 6.07) is 2.62. The molecule has 3 heteroatoms. The third-order valence-electron chi connectivity index (χ3n) is 3.89. The van der Waals surface area contributed by atoms with Crippen LogP contribution in [0.3, 0.4) is 0 Å². The minimum absolute atomic E-state index is 0.540. The average molecular weight is 233 g/mol. The maximum atomic E-state index is 5.89. The first-order valence-corrected chi connectivity index (χ1v) is 6.54. The standard InChI is InChI=1S/C14H23N3/c1-11-4-6-17(14(7-11)8-15)10-13-9-16-5-3-12(13)2/h3,5,9,11,14H,4,6-8,10,15H2,1-2H3. The highest BCUT2D eigenvalue weighted by atomic mass is 15.2. The SMILES string of the molecule is Cc1ccncc1CN1CCC(C)CC1CN. The molecule has 2 heterocycles. The van der Waals surface area contributed by atoms with Crippen LogP contribution in [0.2, 0.25) is 0 Å². The van der Waals surface area contributed by atoms with Gasteiger partial charge in [-0.15, -0.1) is 0 Å². The molecule has 0 amide bonds. The van der Waals surface area contributed by atoms with Gasteiger partial charge in [0.15, 0.2) is 0 Å².